The standard InChI is InChI=1S/C9H6ClNO2/c1-13-8-2-5-4-11-9(12)6(5)3-7(8)10/h2-4H,1H3. The molecule has 0 spiro atoms. The van der Waals surface area contributed by atoms with E-state index in [1.165, 1.54) is 13.3 Å². The third-order valence-corrected chi connectivity index (χ3v) is 2.17. The van der Waals surface area contributed by atoms with E-state index in [0.717, 1.165) is 5.56 Å². The fraction of sp³-hybridized carbons (Fsp3) is 0.111. The number of halogens is 1. The molecule has 3 nitrogen and oxygen atoms in total. The van der Waals surface area contributed by atoms with E-state index in [0.29, 0.717) is 16.3 Å². The maximum Gasteiger partial charge on any atom is 0.277 e. The molecule has 4 heteroatoms. The van der Waals surface area contributed by atoms with Gasteiger partial charge in [0, 0.05) is 11.8 Å². The fourth-order valence-corrected chi connectivity index (χ4v) is 1.46. The van der Waals surface area contributed by atoms with Crippen LogP contribution in [0.2, 0.25) is 5.02 Å². The first kappa shape index (κ1) is 8.26. The Hall–Kier alpha value is -1.35. The van der Waals surface area contributed by atoms with E-state index in [2.05, 4.69) is 4.99 Å². The molecule has 0 aromatic heterocycles. The van der Waals surface area contributed by atoms with Crippen LogP contribution in [0.15, 0.2) is 17.1 Å². The Morgan fingerprint density at radius 3 is 2.92 bits per heavy atom. The fourth-order valence-electron chi connectivity index (χ4n) is 1.22. The third kappa shape index (κ3) is 1.21. The molecular formula is C9H6ClNO2. The molecule has 0 N–H and O–H groups in total. The molecule has 1 heterocycles. The summed E-state index contributed by atoms with van der Waals surface area (Å²) in [6.45, 7) is 0. The van der Waals surface area contributed by atoms with Gasteiger partial charge in [0.05, 0.1) is 17.7 Å². The van der Waals surface area contributed by atoms with Gasteiger partial charge >= 0.3 is 0 Å². The highest BCUT2D eigenvalue weighted by Crippen LogP contribution is 2.29. The molecule has 13 heavy (non-hydrogen) atoms. The zero-order valence-electron chi connectivity index (χ0n) is 6.87. The summed E-state index contributed by atoms with van der Waals surface area (Å²) in [6.07, 6.45) is 1.51. The Kier molecular flexibility index (Phi) is 1.81. The van der Waals surface area contributed by atoms with Crippen molar-refractivity contribution >= 4 is 23.7 Å². The van der Waals surface area contributed by atoms with Crippen LogP contribution in [0.4, 0.5) is 0 Å². The maximum atomic E-state index is 11.1. The van der Waals surface area contributed by atoms with Crippen LogP contribution in [0.25, 0.3) is 0 Å². The van der Waals surface area contributed by atoms with Gasteiger partial charge in [0.2, 0.25) is 0 Å². The molecule has 1 aliphatic rings. The number of methoxy groups -OCH3 is 1. The number of benzene rings is 1. The number of fused-ring (bicyclic) bond motifs is 1. The minimum atomic E-state index is -0.250. The zero-order valence-corrected chi connectivity index (χ0v) is 7.63. The lowest BCUT2D eigenvalue weighted by atomic mass is 10.1. The molecule has 0 fully saturated rings. The van der Waals surface area contributed by atoms with E-state index >= 15 is 0 Å². The van der Waals surface area contributed by atoms with E-state index in [1.807, 2.05) is 0 Å². The number of carbonyl (C=O) groups is 1. The number of hydrogen-bond donors (Lipinski definition) is 0. The van der Waals surface area contributed by atoms with Gasteiger partial charge in [-0.25, -0.2) is 4.99 Å². The topological polar surface area (TPSA) is 38.7 Å². The molecule has 0 saturated heterocycles. The Bertz CT molecular complexity index is 412. The van der Waals surface area contributed by atoms with E-state index in [9.17, 15) is 4.79 Å². The molecular weight excluding hydrogens is 190 g/mol. The number of hydrogen-bond acceptors (Lipinski definition) is 2. The van der Waals surface area contributed by atoms with Crippen LogP contribution in [0.1, 0.15) is 15.9 Å². The van der Waals surface area contributed by atoms with Crippen LogP contribution >= 0.6 is 11.6 Å². The quantitative estimate of drug-likeness (QED) is 0.687. The largest absolute Gasteiger partial charge is 0.495 e. The number of rotatable bonds is 1. The number of amides is 1. The van der Waals surface area contributed by atoms with Crippen molar-refractivity contribution in [1.29, 1.82) is 0 Å². The first-order valence-corrected chi connectivity index (χ1v) is 4.06. The first-order valence-electron chi connectivity index (χ1n) is 3.68. The zero-order chi connectivity index (χ0) is 9.42. The van der Waals surface area contributed by atoms with Crippen LogP contribution in [0.3, 0.4) is 0 Å². The Balaban J connectivity index is 2.62. The SMILES string of the molecule is COc1cc2c(cc1Cl)C(=O)N=C2. The monoisotopic (exact) mass is 195 g/mol. The van der Waals surface area contributed by atoms with Gasteiger partial charge in [0.1, 0.15) is 5.75 Å². The minimum Gasteiger partial charge on any atom is -0.495 e. The number of nitrogens with zero attached hydrogens (tertiary/aromatic N) is 1. The molecule has 66 valence electrons. The van der Waals surface area contributed by atoms with Gasteiger partial charge in [0.25, 0.3) is 5.91 Å². The highest BCUT2D eigenvalue weighted by Gasteiger charge is 2.17. The summed E-state index contributed by atoms with van der Waals surface area (Å²) in [4.78, 5) is 14.8. The van der Waals surface area contributed by atoms with Crippen LogP contribution in [0.5, 0.6) is 5.75 Å². The molecule has 0 radical (unpaired) electrons. The maximum absolute atomic E-state index is 11.1. The Labute approximate surface area is 80.0 Å². The van der Waals surface area contributed by atoms with Crippen molar-refractivity contribution in [2.75, 3.05) is 7.11 Å². The first-order chi connectivity index (χ1) is 6.22. The summed E-state index contributed by atoms with van der Waals surface area (Å²) in [5.74, 6) is 0.307. The predicted molar refractivity (Wildman–Crippen MR) is 49.9 cm³/mol. The number of carbonyl (C=O) groups excluding carboxylic acids is 1. The molecule has 0 aliphatic carbocycles. The van der Waals surface area contributed by atoms with Gasteiger partial charge in [-0.15, -0.1) is 0 Å². The second kappa shape index (κ2) is 2.85. The molecule has 1 amide bonds. The summed E-state index contributed by atoms with van der Waals surface area (Å²) in [5, 5.41) is 0.431. The lowest BCUT2D eigenvalue weighted by Crippen LogP contribution is -1.93. The van der Waals surface area contributed by atoms with Crippen molar-refractivity contribution < 1.29 is 9.53 Å². The lowest BCUT2D eigenvalue weighted by Gasteiger charge is -2.03. The molecule has 2 rings (SSSR count). The highest BCUT2D eigenvalue weighted by atomic mass is 35.5. The second-order valence-electron chi connectivity index (χ2n) is 2.64. The van der Waals surface area contributed by atoms with Crippen molar-refractivity contribution in [3.8, 4) is 5.75 Å². The summed E-state index contributed by atoms with van der Waals surface area (Å²) < 4.78 is 5.00. The van der Waals surface area contributed by atoms with E-state index in [1.54, 1.807) is 12.1 Å². The summed E-state index contributed by atoms with van der Waals surface area (Å²) in [7, 11) is 1.53. The minimum absolute atomic E-state index is 0.250. The van der Waals surface area contributed by atoms with Crippen LogP contribution < -0.4 is 4.74 Å². The highest BCUT2D eigenvalue weighted by molar-refractivity contribution is 6.33. The third-order valence-electron chi connectivity index (χ3n) is 1.88. The molecule has 1 aliphatic heterocycles. The van der Waals surface area contributed by atoms with Crippen molar-refractivity contribution in [2.24, 2.45) is 4.99 Å². The van der Waals surface area contributed by atoms with Crippen molar-refractivity contribution in [3.05, 3.63) is 28.3 Å². The normalized spacial score (nSPS) is 13.2. The number of aliphatic imine (C=N–C) groups is 1. The Morgan fingerprint density at radius 2 is 2.23 bits per heavy atom. The van der Waals surface area contributed by atoms with Gasteiger partial charge in [-0.3, -0.25) is 4.79 Å². The molecule has 0 bridgehead atoms. The molecule has 0 unspecified atom stereocenters. The molecule has 1 aromatic rings. The number of ether oxygens (including phenoxy) is 1. The molecule has 1 aromatic carbocycles. The molecule has 0 atom stereocenters. The average molecular weight is 196 g/mol. The molecule has 0 saturated carbocycles. The van der Waals surface area contributed by atoms with Gasteiger partial charge in [-0.1, -0.05) is 11.6 Å². The van der Waals surface area contributed by atoms with Gasteiger partial charge < -0.3 is 4.74 Å². The smallest absolute Gasteiger partial charge is 0.277 e. The summed E-state index contributed by atoms with van der Waals surface area (Å²) in [6, 6.07) is 3.27. The van der Waals surface area contributed by atoms with Gasteiger partial charge in [0.15, 0.2) is 0 Å². The predicted octanol–water partition coefficient (Wildman–Crippen LogP) is 1.92. The van der Waals surface area contributed by atoms with Crippen molar-refractivity contribution in [2.45, 2.75) is 0 Å². The van der Waals surface area contributed by atoms with E-state index in [4.69, 9.17) is 16.3 Å². The summed E-state index contributed by atoms with van der Waals surface area (Å²) >= 11 is 5.84. The van der Waals surface area contributed by atoms with Gasteiger partial charge in [-0.05, 0) is 12.1 Å². The van der Waals surface area contributed by atoms with Crippen LogP contribution in [-0.2, 0) is 0 Å². The van der Waals surface area contributed by atoms with Crippen molar-refractivity contribution in [1.82, 2.24) is 0 Å². The second-order valence-corrected chi connectivity index (χ2v) is 3.04. The van der Waals surface area contributed by atoms with Crippen LogP contribution in [0, 0.1) is 0 Å². The van der Waals surface area contributed by atoms with E-state index in [-0.39, 0.29) is 5.91 Å². The summed E-state index contributed by atoms with van der Waals surface area (Å²) in [5.41, 5.74) is 1.29. The average Bonchev–Trinajstić information content (AvgIpc) is 2.47. The van der Waals surface area contributed by atoms with E-state index < -0.39 is 0 Å². The lowest BCUT2D eigenvalue weighted by molar-refractivity contribution is 0.101. The Morgan fingerprint density at radius 1 is 1.46 bits per heavy atom. The van der Waals surface area contributed by atoms with Gasteiger partial charge in [-0.2, -0.15) is 0 Å². The van der Waals surface area contributed by atoms with Crippen molar-refractivity contribution in [3.63, 3.8) is 0 Å². The van der Waals surface area contributed by atoms with Crippen LogP contribution in [-0.4, -0.2) is 19.2 Å².